The second-order valence-electron chi connectivity index (χ2n) is 2.95. The Kier molecular flexibility index (Phi) is 4.53. The molecule has 0 bridgehead atoms. The molecular formula is C12H12N2O2. The van der Waals surface area contributed by atoms with Crippen LogP contribution < -0.4 is 5.73 Å². The Morgan fingerprint density at radius 1 is 1.06 bits per heavy atom. The van der Waals surface area contributed by atoms with Crippen molar-refractivity contribution in [3.63, 3.8) is 0 Å². The van der Waals surface area contributed by atoms with Gasteiger partial charge in [0.1, 0.15) is 0 Å². The second-order valence-corrected chi connectivity index (χ2v) is 2.95. The molecule has 0 radical (unpaired) electrons. The maximum absolute atomic E-state index is 10.2. The van der Waals surface area contributed by atoms with Crippen molar-refractivity contribution in [3.05, 3.63) is 60.4 Å². The van der Waals surface area contributed by atoms with E-state index in [4.69, 9.17) is 10.8 Å². The molecule has 82 valence electrons. The zero-order chi connectivity index (χ0) is 11.8. The van der Waals surface area contributed by atoms with Crippen LogP contribution in [0.25, 0.3) is 0 Å². The number of nitrogens with two attached hydrogens (primary N) is 1. The standard InChI is InChI=1S/C6H5NO2.C6H7N/c8-6(9)5-1-3-7-4-2-5;7-6-4-2-1-3-5-6/h1-4H,(H,8,9);1-5H,7H2. The molecule has 0 spiro atoms. The zero-order valence-electron chi connectivity index (χ0n) is 8.58. The highest BCUT2D eigenvalue weighted by molar-refractivity contribution is 5.87. The van der Waals surface area contributed by atoms with Gasteiger partial charge < -0.3 is 10.8 Å². The van der Waals surface area contributed by atoms with Crippen LogP contribution in [0.2, 0.25) is 0 Å². The first-order valence-electron chi connectivity index (χ1n) is 4.64. The van der Waals surface area contributed by atoms with E-state index >= 15 is 0 Å². The van der Waals surface area contributed by atoms with E-state index in [2.05, 4.69) is 4.98 Å². The number of carboxylic acids is 1. The Morgan fingerprint density at radius 3 is 1.94 bits per heavy atom. The normalized spacial score (nSPS) is 8.75. The summed E-state index contributed by atoms with van der Waals surface area (Å²) in [6.45, 7) is 0. The minimum absolute atomic E-state index is 0.269. The minimum atomic E-state index is -0.919. The van der Waals surface area contributed by atoms with E-state index in [9.17, 15) is 4.79 Å². The third kappa shape index (κ3) is 4.23. The Bertz CT molecular complexity index is 429. The monoisotopic (exact) mass is 216 g/mol. The van der Waals surface area contributed by atoms with Gasteiger partial charge in [-0.05, 0) is 24.3 Å². The molecule has 16 heavy (non-hydrogen) atoms. The highest BCUT2D eigenvalue weighted by Crippen LogP contribution is 1.96. The molecule has 1 aromatic heterocycles. The summed E-state index contributed by atoms with van der Waals surface area (Å²) in [4.78, 5) is 13.8. The van der Waals surface area contributed by atoms with Crippen molar-refractivity contribution in [2.45, 2.75) is 0 Å². The van der Waals surface area contributed by atoms with Gasteiger partial charge >= 0.3 is 5.97 Å². The number of pyridine rings is 1. The van der Waals surface area contributed by atoms with Crippen molar-refractivity contribution in [1.29, 1.82) is 0 Å². The fourth-order valence-electron chi connectivity index (χ4n) is 0.948. The van der Waals surface area contributed by atoms with Gasteiger partial charge in [-0.1, -0.05) is 18.2 Å². The molecule has 3 N–H and O–H groups in total. The molecule has 0 fully saturated rings. The third-order valence-electron chi connectivity index (χ3n) is 1.73. The molecule has 0 atom stereocenters. The van der Waals surface area contributed by atoms with Crippen molar-refractivity contribution in [1.82, 2.24) is 4.98 Å². The fraction of sp³-hybridized carbons (Fsp3) is 0. The number of nitrogen functional groups attached to an aromatic ring is 1. The Labute approximate surface area is 93.4 Å². The number of para-hydroxylation sites is 1. The van der Waals surface area contributed by atoms with Gasteiger partial charge in [-0.2, -0.15) is 0 Å². The molecule has 4 heteroatoms. The van der Waals surface area contributed by atoms with Gasteiger partial charge in [0.25, 0.3) is 0 Å². The van der Waals surface area contributed by atoms with Crippen molar-refractivity contribution in [3.8, 4) is 0 Å². The molecule has 0 saturated carbocycles. The first-order chi connectivity index (χ1) is 7.70. The quantitative estimate of drug-likeness (QED) is 0.715. The number of anilines is 1. The topological polar surface area (TPSA) is 76.2 Å². The van der Waals surface area contributed by atoms with E-state index in [1.165, 1.54) is 24.5 Å². The molecule has 1 heterocycles. The van der Waals surface area contributed by atoms with Crippen LogP contribution in [0, 0.1) is 0 Å². The number of rotatable bonds is 1. The third-order valence-corrected chi connectivity index (χ3v) is 1.73. The summed E-state index contributed by atoms with van der Waals surface area (Å²) in [7, 11) is 0. The molecule has 0 saturated heterocycles. The van der Waals surface area contributed by atoms with Gasteiger partial charge in [0.15, 0.2) is 0 Å². The average Bonchev–Trinajstić information content (AvgIpc) is 2.32. The van der Waals surface area contributed by atoms with Crippen LogP contribution in [0.4, 0.5) is 5.69 Å². The summed E-state index contributed by atoms with van der Waals surface area (Å²) in [6, 6.07) is 12.4. The summed E-state index contributed by atoms with van der Waals surface area (Å²) in [5.41, 5.74) is 6.45. The van der Waals surface area contributed by atoms with Gasteiger partial charge in [0.05, 0.1) is 5.56 Å². The largest absolute Gasteiger partial charge is 0.478 e. The van der Waals surface area contributed by atoms with Gasteiger partial charge in [-0.15, -0.1) is 0 Å². The van der Waals surface area contributed by atoms with E-state index in [0.717, 1.165) is 5.69 Å². The summed E-state index contributed by atoms with van der Waals surface area (Å²) < 4.78 is 0. The predicted octanol–water partition coefficient (Wildman–Crippen LogP) is 2.05. The van der Waals surface area contributed by atoms with Crippen LogP contribution in [-0.2, 0) is 0 Å². The first kappa shape index (κ1) is 11.7. The molecule has 0 aliphatic carbocycles. The van der Waals surface area contributed by atoms with Crippen LogP contribution in [0.3, 0.4) is 0 Å². The van der Waals surface area contributed by atoms with Crippen molar-refractivity contribution in [2.75, 3.05) is 5.73 Å². The van der Waals surface area contributed by atoms with Crippen LogP contribution in [0.15, 0.2) is 54.9 Å². The van der Waals surface area contributed by atoms with E-state index in [-0.39, 0.29) is 5.56 Å². The Hall–Kier alpha value is -2.36. The first-order valence-corrected chi connectivity index (χ1v) is 4.64. The average molecular weight is 216 g/mol. The van der Waals surface area contributed by atoms with Crippen LogP contribution in [0.1, 0.15) is 10.4 Å². The van der Waals surface area contributed by atoms with E-state index in [1.54, 1.807) is 0 Å². The summed E-state index contributed by atoms with van der Waals surface area (Å²) in [5.74, 6) is -0.919. The summed E-state index contributed by atoms with van der Waals surface area (Å²) >= 11 is 0. The molecule has 2 aromatic rings. The number of nitrogens with zero attached hydrogens (tertiary/aromatic N) is 1. The SMILES string of the molecule is Nc1ccccc1.O=C(O)c1ccncc1. The molecule has 0 aliphatic heterocycles. The van der Waals surface area contributed by atoms with Crippen molar-refractivity contribution in [2.24, 2.45) is 0 Å². The van der Waals surface area contributed by atoms with Crippen LogP contribution >= 0.6 is 0 Å². The van der Waals surface area contributed by atoms with Gasteiger partial charge in [-0.25, -0.2) is 4.79 Å². The lowest BCUT2D eigenvalue weighted by Crippen LogP contribution is -1.94. The second kappa shape index (κ2) is 6.19. The lowest BCUT2D eigenvalue weighted by molar-refractivity contribution is 0.0697. The van der Waals surface area contributed by atoms with Gasteiger partial charge in [0.2, 0.25) is 0 Å². The summed E-state index contributed by atoms with van der Waals surface area (Å²) in [6.07, 6.45) is 2.90. The van der Waals surface area contributed by atoms with E-state index < -0.39 is 5.97 Å². The molecular weight excluding hydrogens is 204 g/mol. The number of aromatic nitrogens is 1. The van der Waals surface area contributed by atoms with Crippen molar-refractivity contribution >= 4 is 11.7 Å². The van der Waals surface area contributed by atoms with Crippen LogP contribution in [0.5, 0.6) is 0 Å². The molecule has 4 nitrogen and oxygen atoms in total. The van der Waals surface area contributed by atoms with Gasteiger partial charge in [0, 0.05) is 18.1 Å². The predicted molar refractivity (Wildman–Crippen MR) is 62.1 cm³/mol. The Balaban J connectivity index is 0.000000165. The molecule has 1 aromatic carbocycles. The smallest absolute Gasteiger partial charge is 0.335 e. The number of hydrogen-bond donors (Lipinski definition) is 2. The van der Waals surface area contributed by atoms with E-state index in [0.29, 0.717) is 0 Å². The molecule has 0 unspecified atom stereocenters. The maximum Gasteiger partial charge on any atom is 0.335 e. The number of carboxylic acid groups (broad SMARTS) is 1. The highest BCUT2D eigenvalue weighted by atomic mass is 16.4. The number of carbonyl (C=O) groups is 1. The molecule has 0 amide bonds. The van der Waals surface area contributed by atoms with Crippen LogP contribution in [-0.4, -0.2) is 16.1 Å². The lowest BCUT2D eigenvalue weighted by Gasteiger charge is -1.87. The maximum atomic E-state index is 10.2. The molecule has 0 aliphatic rings. The van der Waals surface area contributed by atoms with E-state index in [1.807, 2.05) is 30.3 Å². The zero-order valence-corrected chi connectivity index (χ0v) is 8.58. The fourth-order valence-corrected chi connectivity index (χ4v) is 0.948. The van der Waals surface area contributed by atoms with Gasteiger partial charge in [-0.3, -0.25) is 4.98 Å². The number of benzene rings is 1. The summed E-state index contributed by atoms with van der Waals surface area (Å²) in [5, 5.41) is 8.36. The van der Waals surface area contributed by atoms with Crippen molar-refractivity contribution < 1.29 is 9.90 Å². The molecule has 2 rings (SSSR count). The minimum Gasteiger partial charge on any atom is -0.478 e. The highest BCUT2D eigenvalue weighted by Gasteiger charge is 1.97. The number of aromatic carboxylic acids is 1. The lowest BCUT2D eigenvalue weighted by atomic mass is 10.3. The number of hydrogen-bond acceptors (Lipinski definition) is 3. The Morgan fingerprint density at radius 2 is 1.62 bits per heavy atom.